The zero-order chi connectivity index (χ0) is 14.4. The van der Waals surface area contributed by atoms with Crippen LogP contribution in [0, 0.1) is 0 Å². The third-order valence-electron chi connectivity index (χ3n) is 2.83. The highest BCUT2D eigenvalue weighted by atomic mass is 35.5. The molecule has 0 radical (unpaired) electrons. The van der Waals surface area contributed by atoms with Crippen LogP contribution in [-0.2, 0) is 6.54 Å². The molecule has 0 spiro atoms. The van der Waals surface area contributed by atoms with Gasteiger partial charge >= 0.3 is 0 Å². The molecular weight excluding hydrogens is 293 g/mol. The van der Waals surface area contributed by atoms with Gasteiger partial charge in [-0.3, -0.25) is 0 Å². The average molecular weight is 310 g/mol. The van der Waals surface area contributed by atoms with Gasteiger partial charge in [0, 0.05) is 16.6 Å². The second-order valence-electron chi connectivity index (χ2n) is 4.43. The predicted molar refractivity (Wildman–Crippen MR) is 86.0 cm³/mol. The second kappa shape index (κ2) is 7.41. The molecule has 2 nitrogen and oxygen atoms in total. The average Bonchev–Trinajstić information content (AvgIpc) is 2.47. The smallest absolute Gasteiger partial charge is 0.142 e. The quantitative estimate of drug-likeness (QED) is 0.772. The summed E-state index contributed by atoms with van der Waals surface area (Å²) < 4.78 is 5.71. The van der Waals surface area contributed by atoms with Gasteiger partial charge in [-0.05, 0) is 42.3 Å². The molecule has 0 aliphatic rings. The van der Waals surface area contributed by atoms with E-state index in [-0.39, 0.29) is 0 Å². The summed E-state index contributed by atoms with van der Waals surface area (Å²) >= 11 is 12.1. The predicted octanol–water partition coefficient (Wildman–Crippen LogP) is 5.39. The molecule has 2 aromatic carbocycles. The molecule has 0 fully saturated rings. The van der Waals surface area contributed by atoms with Crippen LogP contribution < -0.4 is 10.1 Å². The fourth-order valence-electron chi connectivity index (χ4n) is 1.82. The first-order chi connectivity index (χ1) is 9.70. The van der Waals surface area contributed by atoms with Gasteiger partial charge in [0.25, 0.3) is 0 Å². The molecule has 0 aliphatic heterocycles. The van der Waals surface area contributed by atoms with Crippen molar-refractivity contribution in [2.24, 2.45) is 0 Å². The van der Waals surface area contributed by atoms with Crippen molar-refractivity contribution in [2.75, 3.05) is 11.9 Å². The summed E-state index contributed by atoms with van der Waals surface area (Å²) in [6, 6.07) is 13.3. The molecule has 0 bridgehead atoms. The molecule has 0 saturated heterocycles. The molecule has 106 valence electrons. The molecular formula is C16H17Cl2NO. The van der Waals surface area contributed by atoms with Crippen LogP contribution in [0.15, 0.2) is 42.5 Å². The van der Waals surface area contributed by atoms with Gasteiger partial charge < -0.3 is 10.1 Å². The van der Waals surface area contributed by atoms with E-state index in [0.29, 0.717) is 23.2 Å². The lowest BCUT2D eigenvalue weighted by Gasteiger charge is -2.13. The van der Waals surface area contributed by atoms with Crippen LogP contribution in [0.5, 0.6) is 5.75 Å². The summed E-state index contributed by atoms with van der Waals surface area (Å²) in [6.07, 6.45) is 0.981. The number of rotatable bonds is 6. The Morgan fingerprint density at radius 2 is 1.90 bits per heavy atom. The summed E-state index contributed by atoms with van der Waals surface area (Å²) in [5.74, 6) is 0.854. The van der Waals surface area contributed by atoms with Crippen molar-refractivity contribution in [3.05, 3.63) is 58.1 Å². The van der Waals surface area contributed by atoms with Crippen molar-refractivity contribution in [2.45, 2.75) is 19.9 Å². The maximum atomic E-state index is 6.16. The number of para-hydroxylation sites is 2. The summed E-state index contributed by atoms with van der Waals surface area (Å²) in [5, 5.41) is 4.72. The summed E-state index contributed by atoms with van der Waals surface area (Å²) in [7, 11) is 0. The third kappa shape index (κ3) is 4.06. The van der Waals surface area contributed by atoms with Crippen molar-refractivity contribution in [3.63, 3.8) is 0 Å². The molecule has 2 rings (SSSR count). The van der Waals surface area contributed by atoms with Crippen molar-refractivity contribution in [1.82, 2.24) is 0 Å². The highest BCUT2D eigenvalue weighted by Gasteiger charge is 2.05. The van der Waals surface area contributed by atoms with Crippen LogP contribution in [0.25, 0.3) is 0 Å². The van der Waals surface area contributed by atoms with Crippen molar-refractivity contribution in [1.29, 1.82) is 0 Å². The molecule has 2 aromatic rings. The molecule has 0 atom stereocenters. The highest BCUT2D eigenvalue weighted by molar-refractivity contribution is 6.33. The monoisotopic (exact) mass is 309 g/mol. The summed E-state index contributed by atoms with van der Waals surface area (Å²) in [5.41, 5.74) is 1.92. The Balaban J connectivity index is 2.08. The standard InChI is InChI=1S/C16H17Cl2NO/c1-2-9-20-16-6-4-3-5-15(16)19-11-12-10-13(17)7-8-14(12)18/h3-8,10,19H,2,9,11H2,1H3. The van der Waals surface area contributed by atoms with Crippen LogP contribution in [0.3, 0.4) is 0 Å². The third-order valence-corrected chi connectivity index (χ3v) is 3.43. The van der Waals surface area contributed by atoms with E-state index in [1.807, 2.05) is 30.3 Å². The maximum Gasteiger partial charge on any atom is 0.142 e. The lowest BCUT2D eigenvalue weighted by Crippen LogP contribution is -2.03. The van der Waals surface area contributed by atoms with Crippen LogP contribution in [0.4, 0.5) is 5.69 Å². The Bertz CT molecular complexity index is 572. The van der Waals surface area contributed by atoms with Crippen molar-refractivity contribution in [3.8, 4) is 5.75 Å². The van der Waals surface area contributed by atoms with E-state index in [1.54, 1.807) is 12.1 Å². The van der Waals surface area contributed by atoms with Crippen LogP contribution in [0.1, 0.15) is 18.9 Å². The number of ether oxygens (including phenoxy) is 1. The number of benzene rings is 2. The normalized spacial score (nSPS) is 10.3. The first kappa shape index (κ1) is 15.0. The molecule has 0 saturated carbocycles. The molecule has 0 amide bonds. The number of nitrogens with one attached hydrogen (secondary N) is 1. The van der Waals surface area contributed by atoms with Gasteiger partial charge in [-0.15, -0.1) is 0 Å². The van der Waals surface area contributed by atoms with Crippen LogP contribution in [-0.4, -0.2) is 6.61 Å². The fraction of sp³-hybridized carbons (Fsp3) is 0.250. The minimum atomic E-state index is 0.603. The van der Waals surface area contributed by atoms with Gasteiger partial charge in [0.1, 0.15) is 5.75 Å². The van der Waals surface area contributed by atoms with E-state index in [4.69, 9.17) is 27.9 Å². The molecule has 20 heavy (non-hydrogen) atoms. The number of anilines is 1. The number of halogens is 2. The fourth-order valence-corrected chi connectivity index (χ4v) is 2.20. The van der Waals surface area contributed by atoms with Gasteiger partial charge in [0.15, 0.2) is 0 Å². The van der Waals surface area contributed by atoms with Gasteiger partial charge in [-0.1, -0.05) is 42.3 Å². The Morgan fingerprint density at radius 3 is 2.70 bits per heavy atom. The van der Waals surface area contributed by atoms with E-state index in [0.717, 1.165) is 23.4 Å². The molecule has 0 heterocycles. The van der Waals surface area contributed by atoms with Gasteiger partial charge in [-0.25, -0.2) is 0 Å². The highest BCUT2D eigenvalue weighted by Crippen LogP contribution is 2.26. The van der Waals surface area contributed by atoms with Gasteiger partial charge in [0.05, 0.1) is 12.3 Å². The molecule has 0 unspecified atom stereocenters. The van der Waals surface area contributed by atoms with E-state index in [2.05, 4.69) is 12.2 Å². The zero-order valence-electron chi connectivity index (χ0n) is 11.3. The minimum Gasteiger partial charge on any atom is -0.491 e. The second-order valence-corrected chi connectivity index (χ2v) is 5.28. The largest absolute Gasteiger partial charge is 0.491 e. The van der Waals surface area contributed by atoms with Crippen molar-refractivity contribution >= 4 is 28.9 Å². The molecule has 1 N–H and O–H groups in total. The maximum absolute atomic E-state index is 6.16. The van der Waals surface area contributed by atoms with Crippen LogP contribution in [0.2, 0.25) is 10.0 Å². The molecule has 4 heteroatoms. The lowest BCUT2D eigenvalue weighted by molar-refractivity contribution is 0.319. The minimum absolute atomic E-state index is 0.603. The van der Waals surface area contributed by atoms with E-state index >= 15 is 0 Å². The summed E-state index contributed by atoms with van der Waals surface area (Å²) in [4.78, 5) is 0. The Hall–Kier alpha value is -1.38. The zero-order valence-corrected chi connectivity index (χ0v) is 12.8. The van der Waals surface area contributed by atoms with E-state index in [1.165, 1.54) is 0 Å². The Labute approximate surface area is 129 Å². The number of hydrogen-bond acceptors (Lipinski definition) is 2. The first-order valence-corrected chi connectivity index (χ1v) is 7.36. The summed E-state index contributed by atoms with van der Waals surface area (Å²) in [6.45, 7) is 3.39. The topological polar surface area (TPSA) is 21.3 Å². The molecule has 0 aromatic heterocycles. The van der Waals surface area contributed by atoms with Crippen molar-refractivity contribution < 1.29 is 4.74 Å². The van der Waals surface area contributed by atoms with Gasteiger partial charge in [-0.2, -0.15) is 0 Å². The molecule has 0 aliphatic carbocycles. The van der Waals surface area contributed by atoms with E-state index in [9.17, 15) is 0 Å². The number of hydrogen-bond donors (Lipinski definition) is 1. The Morgan fingerprint density at radius 1 is 1.10 bits per heavy atom. The van der Waals surface area contributed by atoms with Crippen LogP contribution >= 0.6 is 23.2 Å². The van der Waals surface area contributed by atoms with Gasteiger partial charge in [0.2, 0.25) is 0 Å². The Kier molecular flexibility index (Phi) is 5.57. The van der Waals surface area contributed by atoms with E-state index < -0.39 is 0 Å². The lowest BCUT2D eigenvalue weighted by atomic mass is 10.2. The first-order valence-electron chi connectivity index (χ1n) is 6.60. The SMILES string of the molecule is CCCOc1ccccc1NCc1cc(Cl)ccc1Cl.